The number of amides is 11. The molecule has 1 heterocycles. The Labute approximate surface area is 621 Å². The molecule has 1 aliphatic heterocycles. The van der Waals surface area contributed by atoms with E-state index in [4.69, 9.17) is 20.9 Å². The molecule has 0 unspecified atom stereocenters. The smallest absolute Gasteiger partial charge is 0.407 e. The Hall–Kier alpha value is -10.2. The monoisotopic (exact) mass is 1470 g/mol. The molecule has 0 spiro atoms. The van der Waals surface area contributed by atoms with E-state index in [1.165, 1.54) is 16.7 Å². The number of alkyl carbamates (subject to hydrolysis) is 1. The number of thioether (sulfide) groups is 2. The predicted molar refractivity (Wildman–Crippen MR) is 403 cm³/mol. The Kier molecular flexibility index (Phi) is 33.1. The van der Waals surface area contributed by atoms with Gasteiger partial charge in [-0.3, -0.25) is 47.9 Å². The van der Waals surface area contributed by atoms with E-state index in [0.717, 1.165) is 59.9 Å². The first-order valence-electron chi connectivity index (χ1n) is 35.8. The molecule has 7 atom stereocenters. The number of rotatable bonds is 41. The SMILES string of the molecule is Cc1ccc(CSCCC(=O)N[C@@H](Cc2ccc(OCc3ccccc3)cc2)C(=O)N[C@@H](Cc2ccccc2)C(=O)N[C@@H](CC2CCCCC2)C(=O)N[C@@H](CC(N)=O)C(=O)N[C@@H](CSCc2ccccc2)C(=O)N2CCC[C@H]2C(=O)N[C@@H](CCCNC(=O)OCc2ccccc2)C(=O)NCC(N)=O)cc1. The van der Waals surface area contributed by atoms with Crippen molar-refractivity contribution in [2.75, 3.05) is 31.1 Å². The van der Waals surface area contributed by atoms with Crippen LogP contribution in [0.5, 0.6) is 5.75 Å². The van der Waals surface area contributed by atoms with Gasteiger partial charge in [0.15, 0.2) is 0 Å². The van der Waals surface area contributed by atoms with Crippen molar-refractivity contribution < 1.29 is 62.2 Å². The van der Waals surface area contributed by atoms with Gasteiger partial charge in [0.1, 0.15) is 61.3 Å². The van der Waals surface area contributed by atoms with Crippen LogP contribution in [0.1, 0.15) is 116 Å². The first-order chi connectivity index (χ1) is 50.8. The number of ether oxygens (including phenoxy) is 2. The minimum absolute atomic E-state index is 0.0190. The largest absolute Gasteiger partial charge is 0.489 e. The van der Waals surface area contributed by atoms with E-state index in [-0.39, 0.29) is 82.2 Å². The lowest BCUT2D eigenvalue weighted by molar-refractivity contribution is -0.142. The van der Waals surface area contributed by atoms with Crippen molar-refractivity contribution in [3.8, 4) is 5.75 Å². The van der Waals surface area contributed by atoms with Gasteiger partial charge in [-0.2, -0.15) is 23.5 Å². The second kappa shape index (κ2) is 43.2. The second-order valence-corrected chi connectivity index (χ2v) is 28.6. The molecule has 105 heavy (non-hydrogen) atoms. The molecule has 1 aliphatic carbocycles. The van der Waals surface area contributed by atoms with Gasteiger partial charge in [-0.1, -0.05) is 195 Å². The van der Waals surface area contributed by atoms with E-state index in [1.807, 2.05) is 128 Å². The van der Waals surface area contributed by atoms with Crippen molar-refractivity contribution >= 4 is 88.7 Å². The summed E-state index contributed by atoms with van der Waals surface area (Å²) in [5, 5.41) is 22.1. The summed E-state index contributed by atoms with van der Waals surface area (Å²) in [6.07, 6.45) is 3.61. The second-order valence-electron chi connectivity index (χ2n) is 26.4. The van der Waals surface area contributed by atoms with Crippen molar-refractivity contribution in [1.29, 1.82) is 0 Å². The number of carbonyl (C=O) groups is 11. The first kappa shape index (κ1) is 80.5. The third-order valence-electron chi connectivity index (χ3n) is 18.1. The minimum atomic E-state index is -1.69. The Morgan fingerprint density at radius 2 is 1.02 bits per heavy atom. The highest BCUT2D eigenvalue weighted by molar-refractivity contribution is 7.98. The summed E-state index contributed by atoms with van der Waals surface area (Å²) in [4.78, 5) is 156. The molecule has 11 amide bonds. The number of carbonyl (C=O) groups excluding carboxylic acids is 11. The fraction of sp³-hybridized carbons (Fsp3) is 0.405. The van der Waals surface area contributed by atoms with E-state index >= 15 is 14.4 Å². The maximum absolute atomic E-state index is 15.2. The molecule has 0 bridgehead atoms. The minimum Gasteiger partial charge on any atom is -0.489 e. The van der Waals surface area contributed by atoms with Crippen LogP contribution in [0.4, 0.5) is 4.79 Å². The fourth-order valence-corrected chi connectivity index (χ4v) is 14.3. The molecule has 6 aromatic carbocycles. The Balaban J connectivity index is 0.987. The summed E-state index contributed by atoms with van der Waals surface area (Å²) in [7, 11) is 0. The molecule has 26 heteroatoms. The fourth-order valence-electron chi connectivity index (χ4n) is 12.4. The molecule has 0 radical (unpaired) electrons. The van der Waals surface area contributed by atoms with Crippen LogP contribution in [0.2, 0.25) is 0 Å². The standard InChI is InChI=1S/C79H97N11O13S2/c1-53-31-33-60(34-32-53)50-104-42-39-71(93)84-63(45-56-35-37-61(38-36-56)102-48-57-23-11-4-12-24-57)73(95)86-64(43-54-19-7-2-8-20-54)74(96)87-65(44-55-21-9-3-10-22-55)75(97)88-66(46-69(80)91)76(98)89-67(52-105-51-59-27-15-6-16-28-59)78(100)90-41-18-30-68(90)77(99)85-62(72(94)83-47-70(81)92)29-17-40-82-79(101)103-49-58-25-13-5-14-26-58/h2,4-8,11-16,19-20,23-28,31-38,55,62-68H,3,9-10,17-18,21-22,29-30,39-52H2,1H3,(H2,80,91)(H2,81,92)(H,82,101)(H,83,94)(H,84,93)(H,85,99)(H,86,95)(H,87,96)(H,88,97)(H,89,98)/t62-,63-,64-,65-,66-,67-,68-/m0/s1. The van der Waals surface area contributed by atoms with Gasteiger partial charge in [-0.15, -0.1) is 0 Å². The lowest BCUT2D eigenvalue weighted by atomic mass is 9.84. The zero-order valence-electron chi connectivity index (χ0n) is 59.3. The molecular weight excluding hydrogens is 1380 g/mol. The Morgan fingerprint density at radius 3 is 1.65 bits per heavy atom. The molecule has 558 valence electrons. The van der Waals surface area contributed by atoms with Crippen LogP contribution in [0, 0.1) is 12.8 Å². The maximum atomic E-state index is 15.2. The molecule has 0 aromatic heterocycles. The summed E-state index contributed by atoms with van der Waals surface area (Å²) < 4.78 is 11.3. The lowest BCUT2D eigenvalue weighted by Gasteiger charge is -2.31. The van der Waals surface area contributed by atoms with Gasteiger partial charge in [-0.25, -0.2) is 4.79 Å². The summed E-state index contributed by atoms with van der Waals surface area (Å²) in [6.45, 7) is 1.96. The summed E-state index contributed by atoms with van der Waals surface area (Å²) in [5.41, 5.74) is 17.4. The number of nitrogens with two attached hydrogens (primary N) is 2. The Bertz CT molecular complexity index is 3800. The average Bonchev–Trinajstić information content (AvgIpc) is 1.76. The summed E-state index contributed by atoms with van der Waals surface area (Å²) >= 11 is 2.89. The highest BCUT2D eigenvalue weighted by atomic mass is 32.2. The number of nitrogens with one attached hydrogen (secondary N) is 8. The molecule has 2 fully saturated rings. The third-order valence-corrected chi connectivity index (χ3v) is 20.2. The van der Waals surface area contributed by atoms with Gasteiger partial charge >= 0.3 is 6.09 Å². The molecule has 1 saturated carbocycles. The van der Waals surface area contributed by atoms with E-state index in [1.54, 1.807) is 60.3 Å². The van der Waals surface area contributed by atoms with Crippen molar-refractivity contribution in [3.05, 3.63) is 209 Å². The van der Waals surface area contributed by atoms with Crippen molar-refractivity contribution in [2.24, 2.45) is 17.4 Å². The molecule has 8 rings (SSSR count). The molecular formula is C79H97N11O13S2. The van der Waals surface area contributed by atoms with Crippen LogP contribution < -0.4 is 58.7 Å². The number of hydrogen-bond donors (Lipinski definition) is 10. The number of hydrogen-bond acceptors (Lipinski definition) is 15. The predicted octanol–water partition coefficient (Wildman–Crippen LogP) is 6.67. The van der Waals surface area contributed by atoms with E-state index in [0.29, 0.717) is 47.2 Å². The average molecular weight is 1470 g/mol. The van der Waals surface area contributed by atoms with E-state index in [2.05, 4.69) is 42.5 Å². The highest BCUT2D eigenvalue weighted by Crippen LogP contribution is 2.28. The maximum Gasteiger partial charge on any atom is 0.407 e. The normalized spacial score (nSPS) is 15.2. The number of likely N-dealkylation sites (tertiary alicyclic amines) is 1. The molecule has 12 N–H and O–H groups in total. The van der Waals surface area contributed by atoms with Gasteiger partial charge in [0.05, 0.1) is 13.0 Å². The van der Waals surface area contributed by atoms with Crippen LogP contribution in [0.3, 0.4) is 0 Å². The number of primary amides is 2. The topological polar surface area (TPSA) is 358 Å². The first-order valence-corrected chi connectivity index (χ1v) is 38.1. The quantitative estimate of drug-likeness (QED) is 0.0179. The van der Waals surface area contributed by atoms with Crippen LogP contribution in [-0.4, -0.2) is 143 Å². The van der Waals surface area contributed by atoms with Crippen LogP contribution in [-0.2, 0) is 90.2 Å². The molecule has 1 saturated heterocycles. The van der Waals surface area contributed by atoms with Gasteiger partial charge in [0, 0.05) is 55.4 Å². The number of benzene rings is 6. The van der Waals surface area contributed by atoms with Gasteiger partial charge in [-0.05, 0) is 90.5 Å². The van der Waals surface area contributed by atoms with Crippen molar-refractivity contribution in [1.82, 2.24) is 47.4 Å². The zero-order valence-corrected chi connectivity index (χ0v) is 60.9. The third kappa shape index (κ3) is 28.4. The van der Waals surface area contributed by atoms with Crippen LogP contribution in [0.15, 0.2) is 170 Å². The molecule has 24 nitrogen and oxygen atoms in total. The van der Waals surface area contributed by atoms with Gasteiger partial charge < -0.3 is 68.4 Å². The molecule has 2 aliphatic rings. The van der Waals surface area contributed by atoms with E-state index < -0.39 is 115 Å². The molecule has 6 aromatic rings. The zero-order chi connectivity index (χ0) is 74.7. The van der Waals surface area contributed by atoms with Crippen molar-refractivity contribution in [3.63, 3.8) is 0 Å². The Morgan fingerprint density at radius 1 is 0.495 bits per heavy atom. The number of aryl methyl sites for hydroxylation is 1. The summed E-state index contributed by atoms with van der Waals surface area (Å²) in [6, 6.07) is 43.1. The van der Waals surface area contributed by atoms with Gasteiger partial charge in [0.2, 0.25) is 59.1 Å². The summed E-state index contributed by atoms with van der Waals surface area (Å²) in [5.74, 6) is -5.50. The highest BCUT2D eigenvalue weighted by Gasteiger charge is 2.41. The van der Waals surface area contributed by atoms with E-state index in [9.17, 15) is 38.4 Å². The number of nitrogens with zero attached hydrogens (tertiary/aromatic N) is 1. The van der Waals surface area contributed by atoms with Crippen molar-refractivity contribution in [2.45, 2.75) is 164 Å². The van der Waals surface area contributed by atoms with Crippen LogP contribution in [0.25, 0.3) is 0 Å². The van der Waals surface area contributed by atoms with Crippen LogP contribution >= 0.6 is 23.5 Å². The van der Waals surface area contributed by atoms with Gasteiger partial charge in [0.25, 0.3) is 0 Å². The lowest BCUT2D eigenvalue weighted by Crippen LogP contribution is -2.61.